The first-order valence-corrected chi connectivity index (χ1v) is 8.39. The van der Waals surface area contributed by atoms with Crippen molar-refractivity contribution in [3.8, 4) is 5.75 Å². The van der Waals surface area contributed by atoms with Crippen LogP contribution in [0, 0.1) is 0 Å². The summed E-state index contributed by atoms with van der Waals surface area (Å²) in [5.41, 5.74) is 0. The van der Waals surface area contributed by atoms with Crippen molar-refractivity contribution in [2.75, 3.05) is 7.11 Å². The van der Waals surface area contributed by atoms with E-state index in [4.69, 9.17) is 9.47 Å². The third-order valence-corrected chi connectivity index (χ3v) is 4.26. The number of carbonyl (C=O) groups excluding carboxylic acids is 1. The normalized spacial score (nSPS) is 12.2. The first kappa shape index (κ1) is 16.3. The standard InChI is InChI=1S/C21H22O3/c1-3-4-11-20(21(22)23-2)24-19-12-7-10-17-13-15-8-5-6-9-16(15)14-18(17)19/h5-10,12-14,20H,3-4,11H2,1-2H3. The second kappa shape index (κ2) is 7.35. The number of hydrogen-bond acceptors (Lipinski definition) is 3. The maximum absolute atomic E-state index is 12.0. The maximum Gasteiger partial charge on any atom is 0.347 e. The van der Waals surface area contributed by atoms with Gasteiger partial charge in [-0.2, -0.15) is 0 Å². The van der Waals surface area contributed by atoms with Gasteiger partial charge in [0.05, 0.1) is 7.11 Å². The smallest absolute Gasteiger partial charge is 0.347 e. The van der Waals surface area contributed by atoms with E-state index < -0.39 is 6.10 Å². The second-order valence-electron chi connectivity index (χ2n) is 5.95. The minimum Gasteiger partial charge on any atom is -0.478 e. The maximum atomic E-state index is 12.0. The SMILES string of the molecule is CCCCC(Oc1cccc2cc3ccccc3cc12)C(=O)OC. The Hall–Kier alpha value is -2.55. The number of methoxy groups -OCH3 is 1. The second-order valence-corrected chi connectivity index (χ2v) is 5.95. The number of unbranched alkanes of at least 4 members (excludes halogenated alkanes) is 1. The monoisotopic (exact) mass is 322 g/mol. The summed E-state index contributed by atoms with van der Waals surface area (Å²) in [6.07, 6.45) is 2.03. The highest BCUT2D eigenvalue weighted by molar-refractivity contribution is 6.00. The molecule has 1 atom stereocenters. The lowest BCUT2D eigenvalue weighted by molar-refractivity contribution is -0.149. The molecule has 3 aromatic carbocycles. The molecule has 0 aliphatic carbocycles. The summed E-state index contributed by atoms with van der Waals surface area (Å²) >= 11 is 0. The number of benzene rings is 3. The van der Waals surface area contributed by atoms with Gasteiger partial charge in [-0.05, 0) is 47.2 Å². The predicted octanol–water partition coefficient (Wildman–Crippen LogP) is 5.10. The average molecular weight is 322 g/mol. The summed E-state index contributed by atoms with van der Waals surface area (Å²) < 4.78 is 11.0. The summed E-state index contributed by atoms with van der Waals surface area (Å²) in [4.78, 5) is 12.0. The van der Waals surface area contributed by atoms with Crippen molar-refractivity contribution < 1.29 is 14.3 Å². The van der Waals surface area contributed by atoms with Crippen LogP contribution in [-0.4, -0.2) is 19.2 Å². The van der Waals surface area contributed by atoms with Gasteiger partial charge in [0, 0.05) is 5.39 Å². The van der Waals surface area contributed by atoms with Crippen molar-refractivity contribution in [2.45, 2.75) is 32.3 Å². The lowest BCUT2D eigenvalue weighted by Gasteiger charge is -2.18. The molecule has 124 valence electrons. The summed E-state index contributed by atoms with van der Waals surface area (Å²) in [5, 5.41) is 4.47. The van der Waals surface area contributed by atoms with Crippen LogP contribution in [0.5, 0.6) is 5.75 Å². The van der Waals surface area contributed by atoms with E-state index in [0.29, 0.717) is 6.42 Å². The molecule has 24 heavy (non-hydrogen) atoms. The summed E-state index contributed by atoms with van der Waals surface area (Å²) in [6, 6.07) is 18.4. The van der Waals surface area contributed by atoms with E-state index in [1.54, 1.807) is 0 Å². The van der Waals surface area contributed by atoms with Gasteiger partial charge >= 0.3 is 5.97 Å². The molecule has 0 aliphatic rings. The number of rotatable bonds is 6. The van der Waals surface area contributed by atoms with Crippen LogP contribution in [-0.2, 0) is 9.53 Å². The van der Waals surface area contributed by atoms with Crippen LogP contribution in [0.2, 0.25) is 0 Å². The Morgan fingerprint density at radius 1 is 1.00 bits per heavy atom. The first-order valence-electron chi connectivity index (χ1n) is 8.39. The van der Waals surface area contributed by atoms with E-state index in [2.05, 4.69) is 37.3 Å². The zero-order chi connectivity index (χ0) is 16.9. The van der Waals surface area contributed by atoms with Crippen LogP contribution >= 0.6 is 0 Å². The Morgan fingerprint density at radius 2 is 1.71 bits per heavy atom. The van der Waals surface area contributed by atoms with Crippen LogP contribution < -0.4 is 4.74 Å². The van der Waals surface area contributed by atoms with Gasteiger partial charge in [-0.1, -0.05) is 49.7 Å². The topological polar surface area (TPSA) is 35.5 Å². The molecule has 0 spiro atoms. The highest BCUT2D eigenvalue weighted by Gasteiger charge is 2.21. The highest BCUT2D eigenvalue weighted by Crippen LogP contribution is 2.31. The van der Waals surface area contributed by atoms with Crippen molar-refractivity contribution >= 4 is 27.5 Å². The molecule has 0 radical (unpaired) electrons. The average Bonchev–Trinajstić information content (AvgIpc) is 2.63. The molecule has 3 nitrogen and oxygen atoms in total. The van der Waals surface area contributed by atoms with Gasteiger partial charge in [0.25, 0.3) is 0 Å². The molecule has 0 fully saturated rings. The van der Waals surface area contributed by atoms with E-state index in [1.807, 2.05) is 24.3 Å². The molecule has 3 rings (SSSR count). The molecule has 0 heterocycles. The van der Waals surface area contributed by atoms with E-state index in [9.17, 15) is 4.79 Å². The van der Waals surface area contributed by atoms with Crippen molar-refractivity contribution in [1.82, 2.24) is 0 Å². The third kappa shape index (κ3) is 3.35. The van der Waals surface area contributed by atoms with Gasteiger partial charge in [-0.15, -0.1) is 0 Å². The summed E-state index contributed by atoms with van der Waals surface area (Å²) in [7, 11) is 1.40. The molecule has 3 heteroatoms. The molecular formula is C21H22O3. The molecule has 0 saturated heterocycles. The fraction of sp³-hybridized carbons (Fsp3) is 0.286. The van der Waals surface area contributed by atoms with E-state index >= 15 is 0 Å². The van der Waals surface area contributed by atoms with Gasteiger partial charge in [0.15, 0.2) is 6.10 Å². The van der Waals surface area contributed by atoms with Crippen molar-refractivity contribution in [3.05, 3.63) is 54.6 Å². The molecular weight excluding hydrogens is 300 g/mol. The van der Waals surface area contributed by atoms with Crippen molar-refractivity contribution in [2.24, 2.45) is 0 Å². The molecule has 0 bridgehead atoms. The van der Waals surface area contributed by atoms with Gasteiger partial charge in [0.2, 0.25) is 0 Å². The summed E-state index contributed by atoms with van der Waals surface area (Å²) in [5.74, 6) is 0.408. The molecule has 0 saturated carbocycles. The zero-order valence-corrected chi connectivity index (χ0v) is 14.1. The minimum atomic E-state index is -0.563. The van der Waals surface area contributed by atoms with Gasteiger partial charge < -0.3 is 9.47 Å². The number of ether oxygens (including phenoxy) is 2. The van der Waals surface area contributed by atoms with Crippen LogP contribution in [0.25, 0.3) is 21.5 Å². The largest absolute Gasteiger partial charge is 0.478 e. The molecule has 0 aromatic heterocycles. The van der Waals surface area contributed by atoms with Crippen LogP contribution in [0.1, 0.15) is 26.2 Å². The van der Waals surface area contributed by atoms with Gasteiger partial charge in [-0.3, -0.25) is 0 Å². The van der Waals surface area contributed by atoms with Crippen molar-refractivity contribution in [1.29, 1.82) is 0 Å². The number of hydrogen-bond donors (Lipinski definition) is 0. The molecule has 1 unspecified atom stereocenters. The van der Waals surface area contributed by atoms with Crippen LogP contribution in [0.15, 0.2) is 54.6 Å². The highest BCUT2D eigenvalue weighted by atomic mass is 16.6. The fourth-order valence-electron chi connectivity index (χ4n) is 2.94. The Morgan fingerprint density at radius 3 is 2.42 bits per heavy atom. The van der Waals surface area contributed by atoms with Gasteiger partial charge in [0.1, 0.15) is 5.75 Å². The number of fused-ring (bicyclic) bond motifs is 2. The van der Waals surface area contributed by atoms with Crippen LogP contribution in [0.3, 0.4) is 0 Å². The van der Waals surface area contributed by atoms with Crippen molar-refractivity contribution in [3.63, 3.8) is 0 Å². The summed E-state index contributed by atoms with van der Waals surface area (Å²) in [6.45, 7) is 2.10. The number of esters is 1. The first-order chi connectivity index (χ1) is 11.7. The third-order valence-electron chi connectivity index (χ3n) is 4.26. The Kier molecular flexibility index (Phi) is 4.99. The van der Waals surface area contributed by atoms with Gasteiger partial charge in [-0.25, -0.2) is 4.79 Å². The minimum absolute atomic E-state index is 0.318. The van der Waals surface area contributed by atoms with Crippen LogP contribution in [0.4, 0.5) is 0 Å². The Labute approximate surface area is 142 Å². The Bertz CT molecular complexity index is 854. The molecule has 0 amide bonds. The zero-order valence-electron chi connectivity index (χ0n) is 14.1. The fourth-order valence-corrected chi connectivity index (χ4v) is 2.94. The lowest BCUT2D eigenvalue weighted by Crippen LogP contribution is -2.28. The van der Waals surface area contributed by atoms with E-state index in [1.165, 1.54) is 12.5 Å². The molecule has 0 aliphatic heterocycles. The molecule has 3 aromatic rings. The Balaban J connectivity index is 2.01. The quantitative estimate of drug-likeness (QED) is 0.467. The van der Waals surface area contributed by atoms with E-state index in [-0.39, 0.29) is 5.97 Å². The lowest BCUT2D eigenvalue weighted by atomic mass is 10.0. The number of carbonyl (C=O) groups is 1. The van der Waals surface area contributed by atoms with E-state index in [0.717, 1.165) is 34.7 Å². The molecule has 0 N–H and O–H groups in total. The predicted molar refractivity (Wildman–Crippen MR) is 97.4 cm³/mol.